The Morgan fingerprint density at radius 3 is 2.56 bits per heavy atom. The van der Waals surface area contributed by atoms with Gasteiger partial charge in [-0.05, 0) is 36.8 Å². The van der Waals surface area contributed by atoms with Crippen molar-refractivity contribution in [3.05, 3.63) is 52.6 Å². The van der Waals surface area contributed by atoms with Crippen LogP contribution in [0.3, 0.4) is 0 Å². The number of aryl methyl sites for hydroxylation is 1. The number of phenols is 1. The number of phenolic OH excluding ortho intramolecular Hbond substituents is 1. The first kappa shape index (κ1) is 25.6. The number of thiazole rings is 1. The largest absolute Gasteiger partial charge is 0.507 e. The summed E-state index contributed by atoms with van der Waals surface area (Å²) in [7, 11) is 1.54. The lowest BCUT2D eigenvalue weighted by Gasteiger charge is -2.11. The van der Waals surface area contributed by atoms with Crippen molar-refractivity contribution in [2.45, 2.75) is 33.6 Å². The number of nitrogens with zero attached hydrogens (tertiary/aromatic N) is 1. The Balaban J connectivity index is 0.00000176. The van der Waals surface area contributed by atoms with E-state index in [0.29, 0.717) is 29.0 Å². The predicted octanol–water partition coefficient (Wildman–Crippen LogP) is 5.77. The summed E-state index contributed by atoms with van der Waals surface area (Å²) < 4.78 is 49.2. The van der Waals surface area contributed by atoms with Gasteiger partial charge in [0.15, 0.2) is 5.13 Å². The molecular formula is C22H25F3N2O4S. The van der Waals surface area contributed by atoms with Crippen LogP contribution in [-0.2, 0) is 22.3 Å². The number of alkyl halides is 3. The number of methoxy groups -OCH3 is 1. The molecule has 1 heterocycles. The first-order valence-electron chi connectivity index (χ1n) is 9.87. The number of hydrogen-bond donors (Lipinski definition) is 2. The van der Waals surface area contributed by atoms with Crippen LogP contribution in [0.15, 0.2) is 30.3 Å². The fourth-order valence-corrected chi connectivity index (χ4v) is 3.68. The standard InChI is InChI=1S/C20H19F3N2O4S.C2H6/c1-11-7-12(10-29-6-5-28-2)17(26)14(8-11)18(27)25-19-24-15-4-3-13(20(21,22)23)9-16(15)30-19;1-2/h3-4,7-9,26H,5-6,10H2,1-2H3,(H,24,25,27);1-2H3. The third-order valence-electron chi connectivity index (χ3n) is 4.20. The van der Waals surface area contributed by atoms with Gasteiger partial charge in [-0.2, -0.15) is 13.2 Å². The number of carbonyl (C=O) groups excluding carboxylic acids is 1. The maximum atomic E-state index is 12.9. The smallest absolute Gasteiger partial charge is 0.416 e. The summed E-state index contributed by atoms with van der Waals surface area (Å²) in [5, 5.41) is 13.1. The number of halogens is 3. The molecule has 2 aromatic carbocycles. The minimum absolute atomic E-state index is 0.0237. The highest BCUT2D eigenvalue weighted by Crippen LogP contribution is 2.35. The maximum absolute atomic E-state index is 12.9. The quantitative estimate of drug-likeness (QED) is 0.429. The van der Waals surface area contributed by atoms with Crippen molar-refractivity contribution in [3.8, 4) is 5.75 Å². The molecule has 174 valence electrons. The third kappa shape index (κ3) is 6.41. The molecule has 3 rings (SSSR count). The fourth-order valence-electron chi connectivity index (χ4n) is 2.78. The molecule has 0 atom stereocenters. The number of anilines is 1. The van der Waals surface area contributed by atoms with Crippen molar-refractivity contribution in [2.24, 2.45) is 0 Å². The van der Waals surface area contributed by atoms with E-state index in [4.69, 9.17) is 9.47 Å². The van der Waals surface area contributed by atoms with Gasteiger partial charge in [-0.15, -0.1) is 0 Å². The number of hydrogen-bond acceptors (Lipinski definition) is 6. The molecule has 32 heavy (non-hydrogen) atoms. The molecular weight excluding hydrogens is 445 g/mol. The number of aromatic nitrogens is 1. The Hall–Kier alpha value is -2.69. The van der Waals surface area contributed by atoms with Gasteiger partial charge in [-0.25, -0.2) is 4.98 Å². The second kappa shape index (κ2) is 11.3. The SMILES string of the molecule is CC.COCCOCc1cc(C)cc(C(=O)Nc2nc3ccc(C(F)(F)F)cc3s2)c1O. The summed E-state index contributed by atoms with van der Waals surface area (Å²) in [5.74, 6) is -0.847. The van der Waals surface area contributed by atoms with E-state index >= 15 is 0 Å². The van der Waals surface area contributed by atoms with Gasteiger partial charge in [0, 0.05) is 12.7 Å². The summed E-state index contributed by atoms with van der Waals surface area (Å²) in [6, 6.07) is 6.40. The van der Waals surface area contributed by atoms with E-state index in [1.54, 1.807) is 20.1 Å². The van der Waals surface area contributed by atoms with Gasteiger partial charge in [-0.1, -0.05) is 31.3 Å². The predicted molar refractivity (Wildman–Crippen MR) is 118 cm³/mol. The molecule has 1 aromatic heterocycles. The number of amides is 1. The Bertz CT molecular complexity index is 1070. The topological polar surface area (TPSA) is 80.7 Å². The van der Waals surface area contributed by atoms with Crippen molar-refractivity contribution in [3.63, 3.8) is 0 Å². The molecule has 0 saturated heterocycles. The van der Waals surface area contributed by atoms with Crippen molar-refractivity contribution >= 4 is 32.6 Å². The van der Waals surface area contributed by atoms with E-state index in [0.717, 1.165) is 29.0 Å². The Morgan fingerprint density at radius 1 is 1.19 bits per heavy atom. The van der Waals surface area contributed by atoms with E-state index in [2.05, 4.69) is 10.3 Å². The van der Waals surface area contributed by atoms with Gasteiger partial charge < -0.3 is 14.6 Å². The monoisotopic (exact) mass is 470 g/mol. The van der Waals surface area contributed by atoms with Gasteiger partial charge >= 0.3 is 6.18 Å². The van der Waals surface area contributed by atoms with Crippen LogP contribution in [0.5, 0.6) is 5.75 Å². The van der Waals surface area contributed by atoms with Crippen LogP contribution in [0.2, 0.25) is 0 Å². The molecule has 0 aliphatic carbocycles. The molecule has 2 N–H and O–H groups in total. The molecule has 0 radical (unpaired) electrons. The highest BCUT2D eigenvalue weighted by molar-refractivity contribution is 7.22. The van der Waals surface area contributed by atoms with Gasteiger partial charge in [-0.3, -0.25) is 10.1 Å². The van der Waals surface area contributed by atoms with Crippen LogP contribution < -0.4 is 5.32 Å². The molecule has 6 nitrogen and oxygen atoms in total. The zero-order valence-electron chi connectivity index (χ0n) is 18.2. The van der Waals surface area contributed by atoms with Gasteiger partial charge in [0.25, 0.3) is 5.91 Å². The first-order valence-corrected chi connectivity index (χ1v) is 10.7. The van der Waals surface area contributed by atoms with Crippen LogP contribution >= 0.6 is 11.3 Å². The van der Waals surface area contributed by atoms with Gasteiger partial charge in [0.2, 0.25) is 0 Å². The average molecular weight is 471 g/mol. The highest BCUT2D eigenvalue weighted by Gasteiger charge is 2.30. The number of benzene rings is 2. The van der Waals surface area contributed by atoms with Gasteiger partial charge in [0.05, 0.1) is 41.2 Å². The molecule has 0 aliphatic heterocycles. The van der Waals surface area contributed by atoms with Gasteiger partial charge in [0.1, 0.15) is 5.75 Å². The second-order valence-electron chi connectivity index (χ2n) is 6.52. The van der Waals surface area contributed by atoms with Crippen molar-refractivity contribution < 1.29 is 32.5 Å². The van der Waals surface area contributed by atoms with Crippen molar-refractivity contribution in [1.82, 2.24) is 4.98 Å². The number of nitrogens with one attached hydrogen (secondary N) is 1. The number of ether oxygens (including phenoxy) is 2. The van der Waals surface area contributed by atoms with E-state index in [1.165, 1.54) is 12.1 Å². The molecule has 0 fully saturated rings. The van der Waals surface area contributed by atoms with E-state index < -0.39 is 17.6 Å². The molecule has 0 bridgehead atoms. The van der Waals surface area contributed by atoms with Crippen LogP contribution in [0.4, 0.5) is 18.3 Å². The summed E-state index contributed by atoms with van der Waals surface area (Å²) in [5.41, 5.74) is 0.753. The van der Waals surface area contributed by atoms with Crippen LogP contribution in [0.1, 0.15) is 40.9 Å². The van der Waals surface area contributed by atoms with Crippen LogP contribution in [0.25, 0.3) is 10.2 Å². The lowest BCUT2D eigenvalue weighted by Crippen LogP contribution is -2.13. The third-order valence-corrected chi connectivity index (χ3v) is 5.14. The molecule has 3 aromatic rings. The van der Waals surface area contributed by atoms with Crippen LogP contribution in [-0.4, -0.2) is 36.3 Å². The molecule has 0 saturated carbocycles. The Morgan fingerprint density at radius 2 is 1.91 bits per heavy atom. The zero-order chi connectivity index (χ0) is 23.9. The molecule has 0 spiro atoms. The van der Waals surface area contributed by atoms with E-state index in [9.17, 15) is 23.1 Å². The Kier molecular flexibility index (Phi) is 8.99. The van der Waals surface area contributed by atoms with E-state index in [1.807, 2.05) is 13.8 Å². The Labute approximate surface area is 188 Å². The highest BCUT2D eigenvalue weighted by atomic mass is 32.1. The minimum atomic E-state index is -4.46. The number of aromatic hydroxyl groups is 1. The van der Waals surface area contributed by atoms with Crippen molar-refractivity contribution in [1.29, 1.82) is 0 Å². The van der Waals surface area contributed by atoms with Crippen molar-refractivity contribution in [2.75, 3.05) is 25.6 Å². The fraction of sp³-hybridized carbons (Fsp3) is 0.364. The summed E-state index contributed by atoms with van der Waals surface area (Å²) in [4.78, 5) is 16.8. The zero-order valence-corrected chi connectivity index (χ0v) is 19.0. The lowest BCUT2D eigenvalue weighted by atomic mass is 10.0. The minimum Gasteiger partial charge on any atom is -0.507 e. The molecule has 0 aliphatic rings. The average Bonchev–Trinajstić information content (AvgIpc) is 3.15. The molecule has 10 heteroatoms. The summed E-state index contributed by atoms with van der Waals surface area (Å²) in [6.45, 7) is 6.59. The van der Waals surface area contributed by atoms with Crippen LogP contribution in [0, 0.1) is 6.92 Å². The normalized spacial score (nSPS) is 11.2. The first-order chi connectivity index (χ1) is 15.2. The number of fused-ring (bicyclic) bond motifs is 1. The summed E-state index contributed by atoms with van der Waals surface area (Å²) >= 11 is 0.921. The molecule has 0 unspecified atom stereocenters. The molecule has 1 amide bonds. The lowest BCUT2D eigenvalue weighted by molar-refractivity contribution is -0.137. The van der Waals surface area contributed by atoms with E-state index in [-0.39, 0.29) is 23.1 Å². The summed E-state index contributed by atoms with van der Waals surface area (Å²) in [6.07, 6.45) is -4.46. The maximum Gasteiger partial charge on any atom is 0.416 e. The number of carbonyl (C=O) groups is 1. The number of rotatable bonds is 7. The second-order valence-corrected chi connectivity index (χ2v) is 7.55.